The fraction of sp³-hybridized carbons (Fsp3) is 0.400. The lowest BCUT2D eigenvalue weighted by molar-refractivity contribution is 0.185. The molecule has 0 radical (unpaired) electrons. The highest BCUT2D eigenvalue weighted by Crippen LogP contribution is 2.26. The third-order valence-electron chi connectivity index (χ3n) is 2.72. The molecule has 0 aliphatic rings. The van der Waals surface area contributed by atoms with Crippen LogP contribution in [0.5, 0.6) is 5.75 Å². The highest BCUT2D eigenvalue weighted by atomic mass is 16.5. The lowest BCUT2D eigenvalue weighted by Crippen LogP contribution is -2.07. The fourth-order valence-corrected chi connectivity index (χ4v) is 1.82. The minimum atomic E-state index is -0.816. The maximum Gasteiger partial charge on any atom is 0.138 e. The van der Waals surface area contributed by atoms with Gasteiger partial charge < -0.3 is 14.3 Å². The quantitative estimate of drug-likeness (QED) is 0.898. The molecular formula is C15H19NO3. The molecule has 1 N–H and O–H groups in total. The SMILES string of the molecule is CCc1ccc(C(O)c2cncc(OC(C)C)c2)o1. The molecule has 2 aromatic heterocycles. The van der Waals surface area contributed by atoms with Crippen molar-refractivity contribution in [2.45, 2.75) is 39.4 Å². The Morgan fingerprint density at radius 1 is 1.32 bits per heavy atom. The van der Waals surface area contributed by atoms with E-state index in [-0.39, 0.29) is 6.10 Å². The Morgan fingerprint density at radius 2 is 2.11 bits per heavy atom. The zero-order valence-electron chi connectivity index (χ0n) is 11.5. The predicted molar refractivity (Wildman–Crippen MR) is 72.1 cm³/mol. The molecule has 0 fully saturated rings. The Morgan fingerprint density at radius 3 is 2.74 bits per heavy atom. The van der Waals surface area contributed by atoms with Gasteiger partial charge >= 0.3 is 0 Å². The molecule has 1 unspecified atom stereocenters. The molecule has 2 heterocycles. The van der Waals surface area contributed by atoms with Crippen molar-refractivity contribution in [2.75, 3.05) is 0 Å². The summed E-state index contributed by atoms with van der Waals surface area (Å²) in [5, 5.41) is 10.3. The van der Waals surface area contributed by atoms with Gasteiger partial charge in [-0.25, -0.2) is 0 Å². The molecule has 2 aromatic rings. The fourth-order valence-electron chi connectivity index (χ4n) is 1.82. The lowest BCUT2D eigenvalue weighted by Gasteiger charge is -2.12. The molecule has 1 atom stereocenters. The van der Waals surface area contributed by atoms with Crippen molar-refractivity contribution in [2.24, 2.45) is 0 Å². The molecule has 0 saturated carbocycles. The number of aryl methyl sites for hydroxylation is 1. The summed E-state index contributed by atoms with van der Waals surface area (Å²) in [6.45, 7) is 5.90. The van der Waals surface area contributed by atoms with E-state index in [0.29, 0.717) is 17.1 Å². The van der Waals surface area contributed by atoms with Gasteiger partial charge in [-0.3, -0.25) is 4.98 Å². The normalized spacial score (nSPS) is 12.7. The monoisotopic (exact) mass is 261 g/mol. The third-order valence-corrected chi connectivity index (χ3v) is 2.72. The van der Waals surface area contributed by atoms with Gasteiger partial charge in [0.05, 0.1) is 12.3 Å². The zero-order chi connectivity index (χ0) is 13.8. The molecule has 4 heteroatoms. The van der Waals surface area contributed by atoms with Gasteiger partial charge in [0.25, 0.3) is 0 Å². The number of nitrogens with zero attached hydrogens (tertiary/aromatic N) is 1. The molecule has 102 valence electrons. The Bertz CT molecular complexity index is 534. The molecule has 19 heavy (non-hydrogen) atoms. The first kappa shape index (κ1) is 13.6. The second kappa shape index (κ2) is 5.89. The summed E-state index contributed by atoms with van der Waals surface area (Å²) >= 11 is 0. The van der Waals surface area contributed by atoms with Crippen molar-refractivity contribution in [1.29, 1.82) is 0 Å². The summed E-state index contributed by atoms with van der Waals surface area (Å²) in [5.74, 6) is 2.03. The van der Waals surface area contributed by atoms with Crippen molar-refractivity contribution in [1.82, 2.24) is 4.98 Å². The maximum atomic E-state index is 10.3. The van der Waals surface area contributed by atoms with Crippen LogP contribution in [0.15, 0.2) is 35.0 Å². The number of aromatic nitrogens is 1. The van der Waals surface area contributed by atoms with Crippen LogP contribution in [0.2, 0.25) is 0 Å². The van der Waals surface area contributed by atoms with Crippen LogP contribution in [-0.4, -0.2) is 16.2 Å². The topological polar surface area (TPSA) is 55.5 Å². The van der Waals surface area contributed by atoms with Crippen LogP contribution < -0.4 is 4.74 Å². The van der Waals surface area contributed by atoms with Crippen LogP contribution in [0.25, 0.3) is 0 Å². The minimum Gasteiger partial charge on any atom is -0.489 e. The van der Waals surface area contributed by atoms with E-state index in [9.17, 15) is 5.11 Å². The summed E-state index contributed by atoms with van der Waals surface area (Å²) in [5.41, 5.74) is 0.662. The molecule has 0 aliphatic carbocycles. The lowest BCUT2D eigenvalue weighted by atomic mass is 10.1. The predicted octanol–water partition coefficient (Wildman–Crippen LogP) is 3.11. The minimum absolute atomic E-state index is 0.0736. The number of hydrogen-bond donors (Lipinski definition) is 1. The van der Waals surface area contributed by atoms with E-state index in [4.69, 9.17) is 9.15 Å². The van der Waals surface area contributed by atoms with Crippen LogP contribution in [-0.2, 0) is 6.42 Å². The summed E-state index contributed by atoms with van der Waals surface area (Å²) < 4.78 is 11.1. The van der Waals surface area contributed by atoms with Crippen LogP contribution in [0.3, 0.4) is 0 Å². The zero-order valence-corrected chi connectivity index (χ0v) is 11.5. The Hall–Kier alpha value is -1.81. The van der Waals surface area contributed by atoms with E-state index in [0.717, 1.165) is 12.2 Å². The average molecular weight is 261 g/mol. The molecule has 0 amide bonds. The van der Waals surface area contributed by atoms with Gasteiger partial charge in [-0.15, -0.1) is 0 Å². The molecule has 4 nitrogen and oxygen atoms in total. The van der Waals surface area contributed by atoms with Crippen LogP contribution in [0.4, 0.5) is 0 Å². The van der Waals surface area contributed by atoms with Gasteiger partial charge in [0.15, 0.2) is 0 Å². The van der Waals surface area contributed by atoms with Gasteiger partial charge in [0.2, 0.25) is 0 Å². The summed E-state index contributed by atoms with van der Waals surface area (Å²) in [7, 11) is 0. The van der Waals surface area contributed by atoms with Gasteiger partial charge in [0.1, 0.15) is 23.4 Å². The molecule has 0 saturated heterocycles. The van der Waals surface area contributed by atoms with Gasteiger partial charge in [-0.2, -0.15) is 0 Å². The molecule has 2 rings (SSSR count). The van der Waals surface area contributed by atoms with Crippen molar-refractivity contribution in [3.8, 4) is 5.75 Å². The van der Waals surface area contributed by atoms with Crippen LogP contribution in [0, 0.1) is 0 Å². The molecular weight excluding hydrogens is 242 g/mol. The molecule has 0 aliphatic heterocycles. The number of hydrogen-bond acceptors (Lipinski definition) is 4. The summed E-state index contributed by atoms with van der Waals surface area (Å²) in [6.07, 6.45) is 3.32. The largest absolute Gasteiger partial charge is 0.489 e. The van der Waals surface area contributed by atoms with E-state index in [1.807, 2.05) is 26.8 Å². The highest BCUT2D eigenvalue weighted by Gasteiger charge is 2.16. The molecule has 0 bridgehead atoms. The van der Waals surface area contributed by atoms with E-state index >= 15 is 0 Å². The summed E-state index contributed by atoms with van der Waals surface area (Å²) in [6, 6.07) is 5.45. The van der Waals surface area contributed by atoms with Gasteiger partial charge in [0, 0.05) is 18.2 Å². The maximum absolute atomic E-state index is 10.3. The van der Waals surface area contributed by atoms with Crippen molar-refractivity contribution < 1.29 is 14.3 Å². The Labute approximate surface area is 113 Å². The smallest absolute Gasteiger partial charge is 0.138 e. The number of ether oxygens (including phenoxy) is 1. The summed E-state index contributed by atoms with van der Waals surface area (Å²) in [4.78, 5) is 4.08. The highest BCUT2D eigenvalue weighted by molar-refractivity contribution is 5.29. The molecule has 0 spiro atoms. The Kier molecular flexibility index (Phi) is 4.22. The van der Waals surface area contributed by atoms with E-state index in [2.05, 4.69) is 4.98 Å². The van der Waals surface area contributed by atoms with Crippen molar-refractivity contribution in [3.05, 3.63) is 47.7 Å². The second-order valence-electron chi connectivity index (χ2n) is 4.68. The first-order chi connectivity index (χ1) is 9.10. The number of pyridine rings is 1. The van der Waals surface area contributed by atoms with Crippen LogP contribution >= 0.6 is 0 Å². The van der Waals surface area contributed by atoms with E-state index < -0.39 is 6.10 Å². The number of aliphatic hydroxyl groups is 1. The first-order valence-electron chi connectivity index (χ1n) is 6.48. The molecule has 0 aromatic carbocycles. The average Bonchev–Trinajstić information content (AvgIpc) is 2.86. The third kappa shape index (κ3) is 3.35. The van der Waals surface area contributed by atoms with Gasteiger partial charge in [-0.05, 0) is 32.0 Å². The number of furan rings is 1. The Balaban J connectivity index is 2.20. The van der Waals surface area contributed by atoms with E-state index in [1.54, 1.807) is 24.5 Å². The number of aliphatic hydroxyl groups excluding tert-OH is 1. The van der Waals surface area contributed by atoms with E-state index in [1.165, 1.54) is 0 Å². The second-order valence-corrected chi connectivity index (χ2v) is 4.68. The number of rotatable bonds is 5. The van der Waals surface area contributed by atoms with Crippen molar-refractivity contribution in [3.63, 3.8) is 0 Å². The standard InChI is InChI=1S/C15H19NO3/c1-4-12-5-6-14(19-12)15(17)11-7-13(9-16-8-11)18-10(2)3/h5-10,15,17H,4H2,1-3H3. The first-order valence-corrected chi connectivity index (χ1v) is 6.48. The van der Waals surface area contributed by atoms with Gasteiger partial charge in [-0.1, -0.05) is 6.92 Å². The van der Waals surface area contributed by atoms with Crippen LogP contribution in [0.1, 0.15) is 44.0 Å². The van der Waals surface area contributed by atoms with Crippen molar-refractivity contribution >= 4 is 0 Å².